The Morgan fingerprint density at radius 1 is 1.28 bits per heavy atom. The monoisotopic (exact) mass is 270 g/mol. The van der Waals surface area contributed by atoms with Gasteiger partial charge in [0.1, 0.15) is 6.54 Å². The van der Waals surface area contributed by atoms with Gasteiger partial charge in [0.25, 0.3) is 0 Å². The van der Waals surface area contributed by atoms with E-state index < -0.39 is 43.7 Å². The lowest BCUT2D eigenvalue weighted by Gasteiger charge is -2.30. The first kappa shape index (κ1) is 16.5. The van der Waals surface area contributed by atoms with E-state index in [9.17, 15) is 22.8 Å². The van der Waals surface area contributed by atoms with Gasteiger partial charge in [0.15, 0.2) is 0 Å². The molecular formula is C10H17F3N2O3. The molecule has 0 aliphatic rings. The van der Waals surface area contributed by atoms with Gasteiger partial charge in [0, 0.05) is 19.6 Å². The highest BCUT2D eigenvalue weighted by atomic mass is 19.4. The standard InChI is InChI=1S/C10H17F3N2O3/c1-7(2)15(6-8(16)17)9(18)14(3)5-4-10(11,12)13/h7H,4-6H2,1-3H3,(H,16,17). The maximum atomic E-state index is 12.0. The van der Waals surface area contributed by atoms with Gasteiger partial charge < -0.3 is 14.9 Å². The normalized spacial score (nSPS) is 11.5. The molecule has 0 aromatic heterocycles. The summed E-state index contributed by atoms with van der Waals surface area (Å²) in [5.74, 6) is -1.21. The third kappa shape index (κ3) is 6.31. The molecule has 18 heavy (non-hydrogen) atoms. The number of nitrogens with zero attached hydrogens (tertiary/aromatic N) is 2. The first-order chi connectivity index (χ1) is 8.04. The van der Waals surface area contributed by atoms with Gasteiger partial charge in [0.05, 0.1) is 6.42 Å². The minimum Gasteiger partial charge on any atom is -0.480 e. The highest BCUT2D eigenvalue weighted by Crippen LogP contribution is 2.19. The van der Waals surface area contributed by atoms with Crippen LogP contribution in [0.5, 0.6) is 0 Å². The van der Waals surface area contributed by atoms with Crippen molar-refractivity contribution < 1.29 is 27.9 Å². The molecule has 0 unspecified atom stereocenters. The van der Waals surface area contributed by atoms with E-state index >= 15 is 0 Å². The van der Waals surface area contributed by atoms with Crippen molar-refractivity contribution in [1.29, 1.82) is 0 Å². The van der Waals surface area contributed by atoms with E-state index in [-0.39, 0.29) is 0 Å². The Morgan fingerprint density at radius 3 is 2.11 bits per heavy atom. The molecule has 0 aromatic carbocycles. The van der Waals surface area contributed by atoms with Crippen molar-refractivity contribution in [3.8, 4) is 0 Å². The Morgan fingerprint density at radius 2 is 1.78 bits per heavy atom. The van der Waals surface area contributed by atoms with Crippen LogP contribution in [-0.2, 0) is 4.79 Å². The highest BCUT2D eigenvalue weighted by Gasteiger charge is 2.30. The van der Waals surface area contributed by atoms with E-state index in [2.05, 4.69) is 0 Å². The van der Waals surface area contributed by atoms with E-state index in [1.54, 1.807) is 13.8 Å². The maximum Gasteiger partial charge on any atom is 0.390 e. The summed E-state index contributed by atoms with van der Waals surface area (Å²) in [4.78, 5) is 24.2. The van der Waals surface area contributed by atoms with Crippen molar-refractivity contribution in [3.63, 3.8) is 0 Å². The third-order valence-electron chi connectivity index (χ3n) is 2.23. The van der Waals surface area contributed by atoms with Crippen LogP contribution in [0.4, 0.5) is 18.0 Å². The predicted octanol–water partition coefficient (Wildman–Crippen LogP) is 1.79. The van der Waals surface area contributed by atoms with Gasteiger partial charge in [-0.15, -0.1) is 0 Å². The van der Waals surface area contributed by atoms with Gasteiger partial charge in [-0.1, -0.05) is 0 Å². The smallest absolute Gasteiger partial charge is 0.390 e. The number of amides is 2. The Hall–Kier alpha value is -1.47. The van der Waals surface area contributed by atoms with Crippen molar-refractivity contribution >= 4 is 12.0 Å². The number of halogens is 3. The second kappa shape index (κ2) is 6.46. The minimum atomic E-state index is -4.34. The third-order valence-corrected chi connectivity index (χ3v) is 2.23. The number of carbonyl (C=O) groups is 2. The second-order valence-electron chi connectivity index (χ2n) is 4.18. The van der Waals surface area contributed by atoms with Crippen molar-refractivity contribution in [2.75, 3.05) is 20.1 Å². The molecule has 0 heterocycles. The first-order valence-corrected chi connectivity index (χ1v) is 5.35. The number of aliphatic carboxylic acids is 1. The number of alkyl halides is 3. The van der Waals surface area contributed by atoms with Gasteiger partial charge in [-0.2, -0.15) is 13.2 Å². The summed E-state index contributed by atoms with van der Waals surface area (Å²) in [6, 6.07) is -1.13. The molecule has 0 fully saturated rings. The number of urea groups is 1. The number of hydrogen-bond donors (Lipinski definition) is 1. The number of carboxylic acids is 1. The molecule has 0 aromatic rings. The summed E-state index contributed by atoms with van der Waals surface area (Å²) in [7, 11) is 1.21. The lowest BCUT2D eigenvalue weighted by molar-refractivity contribution is -0.139. The molecule has 0 bridgehead atoms. The lowest BCUT2D eigenvalue weighted by Crippen LogP contribution is -2.47. The molecule has 0 aliphatic carbocycles. The first-order valence-electron chi connectivity index (χ1n) is 5.35. The molecule has 0 aliphatic heterocycles. The Labute approximate surface area is 103 Å². The van der Waals surface area contributed by atoms with Crippen LogP contribution in [0.15, 0.2) is 0 Å². The highest BCUT2D eigenvalue weighted by molar-refractivity contribution is 5.80. The molecule has 0 saturated carbocycles. The minimum absolute atomic E-state index is 0.401. The molecule has 106 valence electrons. The van der Waals surface area contributed by atoms with Crippen molar-refractivity contribution in [2.24, 2.45) is 0 Å². The van der Waals surface area contributed by atoms with Gasteiger partial charge in [-0.25, -0.2) is 4.79 Å². The van der Waals surface area contributed by atoms with Crippen LogP contribution in [0.25, 0.3) is 0 Å². The summed E-state index contributed by atoms with van der Waals surface area (Å²) >= 11 is 0. The van der Waals surface area contributed by atoms with Crippen molar-refractivity contribution in [1.82, 2.24) is 9.80 Å². The molecule has 1 N–H and O–H groups in total. The zero-order valence-corrected chi connectivity index (χ0v) is 10.5. The van der Waals surface area contributed by atoms with Crippen LogP contribution in [0.2, 0.25) is 0 Å². The summed E-state index contributed by atoms with van der Waals surface area (Å²) in [5, 5.41) is 8.63. The molecule has 0 radical (unpaired) electrons. The number of carbonyl (C=O) groups excluding carboxylic acids is 1. The van der Waals surface area contributed by atoms with Crippen molar-refractivity contribution in [3.05, 3.63) is 0 Å². The van der Waals surface area contributed by atoms with Crippen molar-refractivity contribution in [2.45, 2.75) is 32.5 Å². The molecule has 0 rings (SSSR count). The zero-order chi connectivity index (χ0) is 14.5. The topological polar surface area (TPSA) is 60.9 Å². The molecule has 8 heteroatoms. The van der Waals surface area contributed by atoms with E-state index in [1.165, 1.54) is 7.05 Å². The molecule has 2 amide bonds. The van der Waals surface area contributed by atoms with Gasteiger partial charge in [-0.3, -0.25) is 4.79 Å². The maximum absolute atomic E-state index is 12.0. The fourth-order valence-corrected chi connectivity index (χ4v) is 1.23. The van der Waals surface area contributed by atoms with Crippen LogP contribution in [-0.4, -0.2) is 59.3 Å². The van der Waals surface area contributed by atoms with E-state index in [0.29, 0.717) is 0 Å². The quantitative estimate of drug-likeness (QED) is 0.828. The summed E-state index contributed by atoms with van der Waals surface area (Å²) in [5.41, 5.74) is 0. The van der Waals surface area contributed by atoms with E-state index in [0.717, 1.165) is 9.80 Å². The van der Waals surface area contributed by atoms with Crippen LogP contribution in [0.3, 0.4) is 0 Å². The van der Waals surface area contributed by atoms with Crippen LogP contribution >= 0.6 is 0 Å². The van der Waals surface area contributed by atoms with Crippen LogP contribution < -0.4 is 0 Å². The molecular weight excluding hydrogens is 253 g/mol. The SMILES string of the molecule is CC(C)N(CC(=O)O)C(=O)N(C)CCC(F)(F)F. The number of carboxylic acid groups (broad SMARTS) is 1. The summed E-state index contributed by atoms with van der Waals surface area (Å²) in [6.45, 7) is 2.16. The molecule has 0 atom stereocenters. The van der Waals surface area contributed by atoms with Crippen LogP contribution in [0.1, 0.15) is 20.3 Å². The van der Waals surface area contributed by atoms with Gasteiger partial charge >= 0.3 is 18.2 Å². The van der Waals surface area contributed by atoms with Gasteiger partial charge in [-0.05, 0) is 13.8 Å². The Balaban J connectivity index is 4.52. The molecule has 0 saturated heterocycles. The second-order valence-corrected chi connectivity index (χ2v) is 4.18. The predicted molar refractivity (Wildman–Crippen MR) is 58.2 cm³/mol. The fraction of sp³-hybridized carbons (Fsp3) is 0.800. The Bertz CT molecular complexity index is 305. The van der Waals surface area contributed by atoms with E-state index in [4.69, 9.17) is 5.11 Å². The fourth-order valence-electron chi connectivity index (χ4n) is 1.23. The van der Waals surface area contributed by atoms with E-state index in [1.807, 2.05) is 0 Å². The van der Waals surface area contributed by atoms with Gasteiger partial charge in [0.2, 0.25) is 0 Å². The lowest BCUT2D eigenvalue weighted by atomic mass is 10.3. The summed E-state index contributed by atoms with van der Waals surface area (Å²) < 4.78 is 36.0. The van der Waals surface area contributed by atoms with Crippen LogP contribution in [0, 0.1) is 0 Å². The molecule has 0 spiro atoms. The number of hydrogen-bond acceptors (Lipinski definition) is 2. The molecule has 5 nitrogen and oxygen atoms in total. The Kier molecular flexibility index (Phi) is 5.93. The average Bonchev–Trinajstić information content (AvgIpc) is 2.19. The average molecular weight is 270 g/mol. The largest absolute Gasteiger partial charge is 0.480 e. The zero-order valence-electron chi connectivity index (χ0n) is 10.5. The number of rotatable bonds is 5. The summed E-state index contributed by atoms with van der Waals surface area (Å²) in [6.07, 6.45) is -5.46.